The SMILES string of the molecule is Cn1nc(N)c2ccc(-c3cncc(Cl)c3N3CCC4(CCNC4=O)CC3)cc21. The Bertz CT molecular complexity index is 1120. The number of aromatic nitrogens is 3. The lowest BCUT2D eigenvalue weighted by Crippen LogP contribution is -2.44. The molecule has 8 heteroatoms. The summed E-state index contributed by atoms with van der Waals surface area (Å²) in [5.74, 6) is 0.729. The Morgan fingerprint density at radius 3 is 2.72 bits per heavy atom. The Kier molecular flexibility index (Phi) is 4.17. The minimum absolute atomic E-state index is 0.206. The van der Waals surface area contributed by atoms with E-state index in [1.807, 2.05) is 25.4 Å². The van der Waals surface area contributed by atoms with Gasteiger partial charge in [-0.15, -0.1) is 0 Å². The van der Waals surface area contributed by atoms with E-state index in [0.717, 1.165) is 66.6 Å². The largest absolute Gasteiger partial charge is 0.382 e. The number of amides is 1. The number of nitrogens with zero attached hydrogens (tertiary/aromatic N) is 4. The summed E-state index contributed by atoms with van der Waals surface area (Å²) in [6.07, 6.45) is 6.15. The van der Waals surface area contributed by atoms with Crippen LogP contribution in [-0.4, -0.2) is 40.3 Å². The lowest BCUT2D eigenvalue weighted by Gasteiger charge is -2.39. The van der Waals surface area contributed by atoms with E-state index >= 15 is 0 Å². The lowest BCUT2D eigenvalue weighted by atomic mass is 9.77. The van der Waals surface area contributed by atoms with Crippen molar-refractivity contribution >= 4 is 39.9 Å². The van der Waals surface area contributed by atoms with E-state index < -0.39 is 0 Å². The van der Waals surface area contributed by atoms with Crippen molar-refractivity contribution in [3.05, 3.63) is 35.6 Å². The fourth-order valence-electron chi connectivity index (χ4n) is 4.77. The van der Waals surface area contributed by atoms with Crippen molar-refractivity contribution in [2.75, 3.05) is 30.3 Å². The van der Waals surface area contributed by atoms with Crippen LogP contribution in [0.2, 0.25) is 5.02 Å². The number of halogens is 1. The predicted molar refractivity (Wildman–Crippen MR) is 115 cm³/mol. The van der Waals surface area contributed by atoms with E-state index in [0.29, 0.717) is 10.8 Å². The Balaban J connectivity index is 1.53. The molecule has 150 valence electrons. The molecule has 0 aliphatic carbocycles. The highest BCUT2D eigenvalue weighted by Gasteiger charge is 2.44. The molecule has 1 spiro atoms. The first kappa shape index (κ1) is 18.2. The molecule has 7 nitrogen and oxygen atoms in total. The first-order valence-corrected chi connectivity index (χ1v) is 10.3. The number of carbonyl (C=O) groups excluding carboxylic acids is 1. The van der Waals surface area contributed by atoms with Crippen LogP contribution in [0.25, 0.3) is 22.0 Å². The van der Waals surface area contributed by atoms with Crippen LogP contribution < -0.4 is 16.0 Å². The molecule has 2 saturated heterocycles. The molecule has 2 aliphatic rings. The Hall–Kier alpha value is -2.80. The number of aryl methyl sites for hydroxylation is 1. The second-order valence-corrected chi connectivity index (χ2v) is 8.44. The summed E-state index contributed by atoms with van der Waals surface area (Å²) in [6.45, 7) is 2.38. The summed E-state index contributed by atoms with van der Waals surface area (Å²) in [7, 11) is 1.89. The van der Waals surface area contributed by atoms with Gasteiger partial charge in [0.05, 0.1) is 21.6 Å². The third-order valence-corrected chi connectivity index (χ3v) is 6.75. The van der Waals surface area contributed by atoms with Gasteiger partial charge < -0.3 is 16.0 Å². The van der Waals surface area contributed by atoms with Crippen LogP contribution in [-0.2, 0) is 11.8 Å². The normalized spacial score (nSPS) is 18.6. The van der Waals surface area contributed by atoms with Crippen molar-refractivity contribution in [3.63, 3.8) is 0 Å². The summed E-state index contributed by atoms with van der Waals surface area (Å²) in [5, 5.41) is 8.86. The maximum Gasteiger partial charge on any atom is 0.226 e. The van der Waals surface area contributed by atoms with Crippen molar-refractivity contribution < 1.29 is 4.79 Å². The van der Waals surface area contributed by atoms with Gasteiger partial charge >= 0.3 is 0 Å². The van der Waals surface area contributed by atoms with Crippen LogP contribution >= 0.6 is 11.6 Å². The number of hydrogen-bond donors (Lipinski definition) is 2. The van der Waals surface area contributed by atoms with E-state index in [9.17, 15) is 4.79 Å². The fraction of sp³-hybridized carbons (Fsp3) is 0.381. The lowest BCUT2D eigenvalue weighted by molar-refractivity contribution is -0.128. The quantitative estimate of drug-likeness (QED) is 0.678. The number of hydrogen-bond acceptors (Lipinski definition) is 5. The highest BCUT2D eigenvalue weighted by atomic mass is 35.5. The zero-order valence-electron chi connectivity index (χ0n) is 16.3. The Morgan fingerprint density at radius 1 is 1.21 bits per heavy atom. The molecule has 1 aromatic carbocycles. The number of piperidine rings is 1. The summed E-state index contributed by atoms with van der Waals surface area (Å²) in [4.78, 5) is 19.0. The minimum atomic E-state index is -0.207. The van der Waals surface area contributed by atoms with Gasteiger partial charge in [0.2, 0.25) is 5.91 Å². The highest BCUT2D eigenvalue weighted by molar-refractivity contribution is 6.33. The first-order valence-electron chi connectivity index (χ1n) is 9.88. The number of benzene rings is 1. The smallest absolute Gasteiger partial charge is 0.226 e. The molecule has 0 unspecified atom stereocenters. The van der Waals surface area contributed by atoms with Crippen molar-refractivity contribution in [1.82, 2.24) is 20.1 Å². The van der Waals surface area contributed by atoms with E-state index in [-0.39, 0.29) is 11.3 Å². The van der Waals surface area contributed by atoms with Gasteiger partial charge in [0, 0.05) is 50.0 Å². The number of nitrogens with two attached hydrogens (primary N) is 1. The Labute approximate surface area is 173 Å². The first-order chi connectivity index (χ1) is 14.0. The third-order valence-electron chi connectivity index (χ3n) is 6.47. The molecule has 1 amide bonds. The number of rotatable bonds is 2. The van der Waals surface area contributed by atoms with Crippen LogP contribution in [0.5, 0.6) is 0 Å². The monoisotopic (exact) mass is 410 g/mol. The van der Waals surface area contributed by atoms with E-state index in [2.05, 4.69) is 26.4 Å². The number of pyridine rings is 1. The molecule has 0 radical (unpaired) electrons. The van der Waals surface area contributed by atoms with Crippen molar-refractivity contribution in [1.29, 1.82) is 0 Å². The summed E-state index contributed by atoms with van der Waals surface area (Å²) in [6, 6.07) is 6.10. The molecule has 2 fully saturated rings. The van der Waals surface area contributed by atoms with Gasteiger partial charge in [-0.05, 0) is 37.0 Å². The number of nitrogen functional groups attached to an aromatic ring is 1. The second-order valence-electron chi connectivity index (χ2n) is 8.03. The molecule has 0 atom stereocenters. The second kappa shape index (κ2) is 6.62. The van der Waals surface area contributed by atoms with Gasteiger partial charge in [-0.1, -0.05) is 17.7 Å². The Morgan fingerprint density at radius 2 is 2.00 bits per heavy atom. The molecule has 3 aromatic rings. The van der Waals surface area contributed by atoms with Crippen molar-refractivity contribution in [3.8, 4) is 11.1 Å². The van der Waals surface area contributed by atoms with E-state index in [4.69, 9.17) is 17.3 Å². The fourth-order valence-corrected chi connectivity index (χ4v) is 5.04. The molecule has 0 bridgehead atoms. The number of carbonyl (C=O) groups is 1. The molecule has 2 aromatic heterocycles. The summed E-state index contributed by atoms with van der Waals surface area (Å²) in [5.41, 5.74) is 9.73. The number of nitrogens with one attached hydrogen (secondary N) is 1. The maximum atomic E-state index is 12.3. The predicted octanol–water partition coefficient (Wildman–Crippen LogP) is 2.98. The standard InChI is InChI=1S/C21H23ClN6O/c1-27-17-10-13(2-3-14(17)19(23)26-27)15-11-24-12-16(22)18(15)28-8-5-21(6-9-28)4-7-25-20(21)29/h2-3,10-12H,4-9H2,1H3,(H2,23,26)(H,25,29). The molecule has 0 saturated carbocycles. The van der Waals surface area contributed by atoms with Crippen LogP contribution in [0, 0.1) is 5.41 Å². The maximum absolute atomic E-state index is 12.3. The highest BCUT2D eigenvalue weighted by Crippen LogP contribution is 2.43. The molecule has 5 rings (SSSR count). The van der Waals surface area contributed by atoms with Crippen LogP contribution in [0.15, 0.2) is 30.6 Å². The average molecular weight is 411 g/mol. The van der Waals surface area contributed by atoms with E-state index in [1.54, 1.807) is 10.9 Å². The molecular formula is C21H23ClN6O. The van der Waals surface area contributed by atoms with Gasteiger partial charge in [-0.2, -0.15) is 5.10 Å². The third kappa shape index (κ3) is 2.83. The molecular weight excluding hydrogens is 388 g/mol. The van der Waals surface area contributed by atoms with Crippen LogP contribution in [0.3, 0.4) is 0 Å². The number of fused-ring (bicyclic) bond motifs is 1. The van der Waals surface area contributed by atoms with Gasteiger partial charge in [-0.3, -0.25) is 14.5 Å². The average Bonchev–Trinajstić information content (AvgIpc) is 3.21. The van der Waals surface area contributed by atoms with Crippen LogP contribution in [0.4, 0.5) is 11.5 Å². The molecule has 3 N–H and O–H groups in total. The van der Waals surface area contributed by atoms with Gasteiger partial charge in [-0.25, -0.2) is 0 Å². The van der Waals surface area contributed by atoms with Crippen molar-refractivity contribution in [2.45, 2.75) is 19.3 Å². The number of anilines is 2. The summed E-state index contributed by atoms with van der Waals surface area (Å²) < 4.78 is 1.79. The zero-order valence-corrected chi connectivity index (χ0v) is 17.0. The van der Waals surface area contributed by atoms with Gasteiger partial charge in [0.25, 0.3) is 0 Å². The minimum Gasteiger partial charge on any atom is -0.382 e. The zero-order chi connectivity index (χ0) is 20.2. The molecule has 2 aliphatic heterocycles. The van der Waals surface area contributed by atoms with Crippen LogP contribution in [0.1, 0.15) is 19.3 Å². The molecule has 29 heavy (non-hydrogen) atoms. The summed E-state index contributed by atoms with van der Waals surface area (Å²) >= 11 is 6.63. The molecule has 4 heterocycles. The topological polar surface area (TPSA) is 89.1 Å². The van der Waals surface area contributed by atoms with E-state index in [1.165, 1.54) is 0 Å². The van der Waals surface area contributed by atoms with Crippen molar-refractivity contribution in [2.24, 2.45) is 12.5 Å². The van der Waals surface area contributed by atoms with Gasteiger partial charge in [0.15, 0.2) is 5.82 Å². The van der Waals surface area contributed by atoms with Gasteiger partial charge in [0.1, 0.15) is 0 Å².